The Labute approximate surface area is 215 Å². The highest BCUT2D eigenvalue weighted by molar-refractivity contribution is 6.02. The van der Waals surface area contributed by atoms with E-state index >= 15 is 0 Å². The first-order chi connectivity index (χ1) is 18.1. The highest BCUT2D eigenvalue weighted by Crippen LogP contribution is 2.45. The maximum Gasteiger partial charge on any atom is 0.411 e. The summed E-state index contributed by atoms with van der Waals surface area (Å²) in [6.07, 6.45) is 8.49. The van der Waals surface area contributed by atoms with E-state index < -0.39 is 6.09 Å². The predicted octanol–water partition coefficient (Wildman–Crippen LogP) is 5.63. The fraction of sp³-hybridized carbons (Fsp3) is 0.393. The Morgan fingerprint density at radius 2 is 1.97 bits per heavy atom. The monoisotopic (exact) mass is 500 g/mol. The number of carbonyl (C=O) groups excluding carboxylic acids is 1. The normalized spacial score (nSPS) is 16.4. The molecule has 2 saturated carbocycles. The number of amides is 1. The first-order valence-electron chi connectivity index (χ1n) is 13.0. The van der Waals surface area contributed by atoms with Crippen LogP contribution in [0.5, 0.6) is 5.75 Å². The van der Waals surface area contributed by atoms with Crippen molar-refractivity contribution < 1.29 is 14.3 Å². The molecule has 37 heavy (non-hydrogen) atoms. The van der Waals surface area contributed by atoms with Crippen LogP contribution in [0.4, 0.5) is 16.2 Å². The summed E-state index contributed by atoms with van der Waals surface area (Å²) < 4.78 is 15.6. The summed E-state index contributed by atoms with van der Waals surface area (Å²) in [7, 11) is 0. The lowest BCUT2D eigenvalue weighted by Gasteiger charge is -2.30. The fourth-order valence-electron chi connectivity index (χ4n) is 5.02. The van der Waals surface area contributed by atoms with Gasteiger partial charge < -0.3 is 19.8 Å². The van der Waals surface area contributed by atoms with E-state index in [4.69, 9.17) is 15.2 Å². The van der Waals surface area contributed by atoms with Crippen LogP contribution in [0, 0.1) is 5.92 Å². The number of hydrogen-bond donors (Lipinski definition) is 2. The van der Waals surface area contributed by atoms with Gasteiger partial charge in [0, 0.05) is 22.7 Å². The molecule has 0 bridgehead atoms. The molecule has 4 aromatic rings. The number of benzene rings is 2. The number of fused-ring (bicyclic) bond motifs is 1. The molecule has 2 fully saturated rings. The lowest BCUT2D eigenvalue weighted by atomic mass is 9.92. The number of nitrogens with zero attached hydrogens (tertiary/aromatic N) is 4. The van der Waals surface area contributed by atoms with Crippen LogP contribution < -0.4 is 15.8 Å². The molecule has 9 heteroatoms. The maximum atomic E-state index is 12.3. The molecule has 2 aliphatic rings. The van der Waals surface area contributed by atoms with Gasteiger partial charge in [0.15, 0.2) is 0 Å². The van der Waals surface area contributed by atoms with Gasteiger partial charge in [-0.25, -0.2) is 14.5 Å². The number of hydrogen-bond acceptors (Lipinski definition) is 6. The number of anilines is 2. The van der Waals surface area contributed by atoms with Crippen molar-refractivity contribution in [1.29, 1.82) is 0 Å². The van der Waals surface area contributed by atoms with Crippen LogP contribution in [-0.4, -0.2) is 38.1 Å². The fourth-order valence-corrected chi connectivity index (χ4v) is 5.02. The molecule has 0 radical (unpaired) electrons. The SMILES string of the molecule is CC(OC(=O)Nc1ccc(-c2c(N)c3cc(OCCn4cncn4)ccc3n2C2CCC2)cc1)C1CC1. The molecule has 0 saturated heterocycles. The van der Waals surface area contributed by atoms with Crippen LogP contribution in [0.3, 0.4) is 0 Å². The molecule has 3 N–H and O–H groups in total. The van der Waals surface area contributed by atoms with Gasteiger partial charge in [0.25, 0.3) is 0 Å². The average molecular weight is 501 g/mol. The van der Waals surface area contributed by atoms with Crippen molar-refractivity contribution in [3.8, 4) is 17.0 Å². The summed E-state index contributed by atoms with van der Waals surface area (Å²) in [5, 5.41) is 7.94. The van der Waals surface area contributed by atoms with E-state index in [0.717, 1.165) is 59.3 Å². The molecule has 192 valence electrons. The number of rotatable bonds is 9. The van der Waals surface area contributed by atoms with Crippen LogP contribution in [-0.2, 0) is 11.3 Å². The predicted molar refractivity (Wildman–Crippen MR) is 142 cm³/mol. The Hall–Kier alpha value is -4.01. The molecule has 1 unspecified atom stereocenters. The summed E-state index contributed by atoms with van der Waals surface area (Å²) in [6.45, 7) is 3.06. The first kappa shape index (κ1) is 23.4. The largest absolute Gasteiger partial charge is 0.492 e. The molecule has 2 heterocycles. The van der Waals surface area contributed by atoms with Crippen molar-refractivity contribution in [2.45, 2.75) is 57.7 Å². The number of nitrogens with two attached hydrogens (primary N) is 1. The maximum absolute atomic E-state index is 12.3. The van der Waals surface area contributed by atoms with Crippen LogP contribution in [0.2, 0.25) is 0 Å². The number of nitrogens with one attached hydrogen (secondary N) is 1. The number of carbonyl (C=O) groups is 1. The van der Waals surface area contributed by atoms with Gasteiger partial charge in [-0.1, -0.05) is 12.1 Å². The summed E-state index contributed by atoms with van der Waals surface area (Å²) in [6, 6.07) is 14.4. The van der Waals surface area contributed by atoms with Crippen molar-refractivity contribution in [3.05, 3.63) is 55.1 Å². The van der Waals surface area contributed by atoms with Crippen LogP contribution in [0.1, 0.15) is 45.1 Å². The van der Waals surface area contributed by atoms with Gasteiger partial charge in [0.2, 0.25) is 0 Å². The van der Waals surface area contributed by atoms with E-state index in [0.29, 0.717) is 30.8 Å². The first-order valence-corrected chi connectivity index (χ1v) is 13.0. The summed E-state index contributed by atoms with van der Waals surface area (Å²) in [4.78, 5) is 16.2. The molecule has 2 aliphatic carbocycles. The molecule has 0 aliphatic heterocycles. The highest BCUT2D eigenvalue weighted by atomic mass is 16.6. The third-order valence-corrected chi connectivity index (χ3v) is 7.49. The van der Waals surface area contributed by atoms with E-state index in [1.807, 2.05) is 43.3 Å². The van der Waals surface area contributed by atoms with Crippen molar-refractivity contribution >= 4 is 28.4 Å². The van der Waals surface area contributed by atoms with Gasteiger partial charge in [-0.15, -0.1) is 0 Å². The Balaban J connectivity index is 1.24. The minimum Gasteiger partial charge on any atom is -0.492 e. The number of ether oxygens (including phenoxy) is 2. The summed E-state index contributed by atoms with van der Waals surface area (Å²) in [5.41, 5.74) is 11.4. The number of aromatic nitrogens is 4. The molecule has 2 aromatic heterocycles. The van der Waals surface area contributed by atoms with E-state index in [9.17, 15) is 4.79 Å². The van der Waals surface area contributed by atoms with E-state index in [1.54, 1.807) is 11.0 Å². The van der Waals surface area contributed by atoms with Crippen molar-refractivity contribution in [1.82, 2.24) is 19.3 Å². The van der Waals surface area contributed by atoms with Crippen LogP contribution in [0.25, 0.3) is 22.2 Å². The third-order valence-electron chi connectivity index (χ3n) is 7.49. The van der Waals surface area contributed by atoms with Gasteiger partial charge in [0.05, 0.1) is 23.4 Å². The summed E-state index contributed by atoms with van der Waals surface area (Å²) >= 11 is 0. The van der Waals surface area contributed by atoms with Crippen molar-refractivity contribution in [3.63, 3.8) is 0 Å². The van der Waals surface area contributed by atoms with Crippen molar-refractivity contribution in [2.24, 2.45) is 5.92 Å². The molecule has 2 aromatic carbocycles. The summed E-state index contributed by atoms with van der Waals surface area (Å²) in [5.74, 6) is 1.28. The highest BCUT2D eigenvalue weighted by Gasteiger charge is 2.31. The van der Waals surface area contributed by atoms with Gasteiger partial charge >= 0.3 is 6.09 Å². The quantitative estimate of drug-likeness (QED) is 0.308. The molecule has 1 amide bonds. The molecule has 1 atom stereocenters. The van der Waals surface area contributed by atoms with Crippen LogP contribution in [0.15, 0.2) is 55.1 Å². The molecule has 6 rings (SSSR count). The molecule has 0 spiro atoms. The Kier molecular flexibility index (Phi) is 6.20. The second kappa shape index (κ2) is 9.80. The molecular formula is C28H32N6O3. The Morgan fingerprint density at radius 3 is 2.65 bits per heavy atom. The number of nitrogen functional groups attached to an aromatic ring is 1. The minimum absolute atomic E-state index is 0.0475. The van der Waals surface area contributed by atoms with E-state index in [-0.39, 0.29) is 6.10 Å². The van der Waals surface area contributed by atoms with Crippen LogP contribution >= 0.6 is 0 Å². The average Bonchev–Trinajstić information content (AvgIpc) is 3.52. The topological polar surface area (TPSA) is 109 Å². The minimum atomic E-state index is -0.411. The van der Waals surface area contributed by atoms with Gasteiger partial charge in [0.1, 0.15) is 31.1 Å². The van der Waals surface area contributed by atoms with Gasteiger partial charge in [-0.2, -0.15) is 5.10 Å². The van der Waals surface area contributed by atoms with E-state index in [2.05, 4.69) is 26.0 Å². The zero-order valence-electron chi connectivity index (χ0n) is 21.0. The lowest BCUT2D eigenvalue weighted by Crippen LogP contribution is -2.21. The second-order valence-corrected chi connectivity index (χ2v) is 10.1. The second-order valence-electron chi connectivity index (χ2n) is 10.1. The molecule has 9 nitrogen and oxygen atoms in total. The molecular weight excluding hydrogens is 468 g/mol. The standard InChI is InChI=1S/C28H32N6O3/c1-18(19-5-6-19)37-28(35)32-21-9-7-20(8-10-21)27-26(29)24-15-23(36-14-13-33-17-30-16-31-33)11-12-25(24)34(27)22-3-2-4-22/h7-12,15-19,22H,2-6,13-14,29H2,1H3,(H,32,35). The smallest absolute Gasteiger partial charge is 0.411 e. The lowest BCUT2D eigenvalue weighted by molar-refractivity contribution is 0.108. The zero-order chi connectivity index (χ0) is 25.4. The Bertz CT molecular complexity index is 1390. The third kappa shape index (κ3) is 4.85. The zero-order valence-corrected chi connectivity index (χ0v) is 21.0. The van der Waals surface area contributed by atoms with Crippen molar-refractivity contribution in [2.75, 3.05) is 17.7 Å². The van der Waals surface area contributed by atoms with E-state index in [1.165, 1.54) is 12.7 Å². The van der Waals surface area contributed by atoms with Gasteiger partial charge in [-0.05, 0) is 75.3 Å². The van der Waals surface area contributed by atoms with Gasteiger partial charge in [-0.3, -0.25) is 5.32 Å². The Morgan fingerprint density at radius 1 is 1.16 bits per heavy atom.